The van der Waals surface area contributed by atoms with Crippen LogP contribution in [0.1, 0.15) is 10.4 Å². The average molecular weight is 329 g/mol. The second-order valence-corrected chi connectivity index (χ2v) is 5.18. The maximum absolute atomic E-state index is 11.4. The Balaban J connectivity index is 2.27. The van der Waals surface area contributed by atoms with Gasteiger partial charge < -0.3 is 5.11 Å². The molecule has 98 valence electrons. The molecule has 0 aliphatic carbocycles. The molecule has 0 aliphatic rings. The van der Waals surface area contributed by atoms with Gasteiger partial charge in [-0.15, -0.1) is 0 Å². The van der Waals surface area contributed by atoms with E-state index in [1.54, 1.807) is 18.3 Å². The largest absolute Gasteiger partial charge is 0.478 e. The number of benzene rings is 1. The Morgan fingerprint density at radius 3 is 2.60 bits per heavy atom. The van der Waals surface area contributed by atoms with Crippen molar-refractivity contribution in [2.45, 2.75) is 0 Å². The van der Waals surface area contributed by atoms with Gasteiger partial charge in [-0.25, -0.2) is 9.78 Å². The zero-order valence-corrected chi connectivity index (χ0v) is 11.8. The second-order valence-electron chi connectivity index (χ2n) is 4.26. The van der Waals surface area contributed by atoms with E-state index in [0.717, 1.165) is 10.0 Å². The minimum absolute atomic E-state index is 0.209. The fraction of sp³-hybridized carbons (Fsp3) is 0. The maximum atomic E-state index is 11.4. The van der Waals surface area contributed by atoms with Gasteiger partial charge in [-0.3, -0.25) is 4.98 Å². The quantitative estimate of drug-likeness (QED) is 0.778. The summed E-state index contributed by atoms with van der Waals surface area (Å²) in [6.45, 7) is 0. The van der Waals surface area contributed by atoms with Crippen molar-refractivity contribution in [3.63, 3.8) is 0 Å². The van der Waals surface area contributed by atoms with E-state index >= 15 is 0 Å². The number of aromatic carboxylic acids is 1. The van der Waals surface area contributed by atoms with Crippen LogP contribution in [0.5, 0.6) is 0 Å². The predicted octanol–water partition coefficient (Wildman–Crippen LogP) is 3.76. The molecule has 20 heavy (non-hydrogen) atoms. The third-order valence-corrected chi connectivity index (χ3v) is 3.51. The Morgan fingerprint density at radius 2 is 1.90 bits per heavy atom. The summed E-state index contributed by atoms with van der Waals surface area (Å²) in [7, 11) is 0. The van der Waals surface area contributed by atoms with Gasteiger partial charge in [0, 0.05) is 27.8 Å². The van der Waals surface area contributed by atoms with Gasteiger partial charge >= 0.3 is 5.97 Å². The first-order valence-electron chi connectivity index (χ1n) is 5.89. The SMILES string of the molecule is O=C(O)c1cc(-c2ccc(Br)cc2)nc2ccncc12. The maximum Gasteiger partial charge on any atom is 0.336 e. The number of carboxylic acid groups (broad SMARTS) is 1. The number of hydrogen-bond acceptors (Lipinski definition) is 3. The summed E-state index contributed by atoms with van der Waals surface area (Å²) in [4.78, 5) is 19.8. The number of carboxylic acids is 1. The van der Waals surface area contributed by atoms with Crippen molar-refractivity contribution in [1.29, 1.82) is 0 Å². The highest BCUT2D eigenvalue weighted by atomic mass is 79.9. The number of pyridine rings is 2. The van der Waals surface area contributed by atoms with E-state index < -0.39 is 5.97 Å². The topological polar surface area (TPSA) is 63.1 Å². The molecule has 0 saturated heterocycles. The predicted molar refractivity (Wildman–Crippen MR) is 79.6 cm³/mol. The van der Waals surface area contributed by atoms with Crippen LogP contribution in [0.2, 0.25) is 0 Å². The lowest BCUT2D eigenvalue weighted by atomic mass is 10.1. The molecule has 0 amide bonds. The summed E-state index contributed by atoms with van der Waals surface area (Å²) in [6, 6.07) is 10.9. The van der Waals surface area contributed by atoms with E-state index in [0.29, 0.717) is 16.6 Å². The molecule has 0 fully saturated rings. The normalized spacial score (nSPS) is 10.7. The van der Waals surface area contributed by atoms with Crippen molar-refractivity contribution in [2.75, 3.05) is 0 Å². The Bertz CT molecular complexity index is 801. The first kappa shape index (κ1) is 12.7. The van der Waals surface area contributed by atoms with Crippen LogP contribution in [-0.4, -0.2) is 21.0 Å². The summed E-state index contributed by atoms with van der Waals surface area (Å²) >= 11 is 3.37. The smallest absolute Gasteiger partial charge is 0.336 e. The van der Waals surface area contributed by atoms with Crippen LogP contribution >= 0.6 is 15.9 Å². The van der Waals surface area contributed by atoms with Crippen LogP contribution in [0.15, 0.2) is 53.3 Å². The summed E-state index contributed by atoms with van der Waals surface area (Å²) in [5.74, 6) is -0.983. The van der Waals surface area contributed by atoms with E-state index in [1.807, 2.05) is 24.3 Å². The molecule has 1 aromatic carbocycles. The van der Waals surface area contributed by atoms with Crippen molar-refractivity contribution < 1.29 is 9.90 Å². The molecule has 3 rings (SSSR count). The number of carbonyl (C=O) groups is 1. The molecule has 0 saturated carbocycles. The fourth-order valence-corrected chi connectivity index (χ4v) is 2.28. The number of aromatic nitrogens is 2. The van der Waals surface area contributed by atoms with E-state index in [9.17, 15) is 9.90 Å². The number of fused-ring (bicyclic) bond motifs is 1. The van der Waals surface area contributed by atoms with Crippen LogP contribution < -0.4 is 0 Å². The van der Waals surface area contributed by atoms with Crippen molar-refractivity contribution in [3.05, 3.63) is 58.8 Å². The first-order chi connectivity index (χ1) is 9.65. The lowest BCUT2D eigenvalue weighted by Crippen LogP contribution is -2.00. The average Bonchev–Trinajstić information content (AvgIpc) is 2.46. The highest BCUT2D eigenvalue weighted by Gasteiger charge is 2.12. The first-order valence-corrected chi connectivity index (χ1v) is 6.68. The van der Waals surface area contributed by atoms with Gasteiger partial charge in [0.05, 0.1) is 16.8 Å². The Hall–Kier alpha value is -2.27. The second kappa shape index (κ2) is 5.02. The van der Waals surface area contributed by atoms with E-state index in [1.165, 1.54) is 6.20 Å². The summed E-state index contributed by atoms with van der Waals surface area (Å²) in [5.41, 5.74) is 2.34. The van der Waals surface area contributed by atoms with Gasteiger partial charge in [0.2, 0.25) is 0 Å². The molecule has 3 aromatic rings. The molecule has 2 heterocycles. The zero-order chi connectivity index (χ0) is 14.1. The molecule has 0 atom stereocenters. The number of rotatable bonds is 2. The number of hydrogen-bond donors (Lipinski definition) is 1. The molecular formula is C15H9BrN2O2. The van der Waals surface area contributed by atoms with Crippen molar-refractivity contribution in [3.8, 4) is 11.3 Å². The summed E-state index contributed by atoms with van der Waals surface area (Å²) in [6.07, 6.45) is 3.13. The molecule has 1 N–H and O–H groups in total. The highest BCUT2D eigenvalue weighted by molar-refractivity contribution is 9.10. The molecule has 0 radical (unpaired) electrons. The zero-order valence-electron chi connectivity index (χ0n) is 10.2. The van der Waals surface area contributed by atoms with Gasteiger partial charge in [-0.05, 0) is 24.3 Å². The van der Waals surface area contributed by atoms with Crippen LogP contribution in [0.3, 0.4) is 0 Å². The van der Waals surface area contributed by atoms with E-state index in [-0.39, 0.29) is 5.56 Å². The monoisotopic (exact) mass is 328 g/mol. The Morgan fingerprint density at radius 1 is 1.15 bits per heavy atom. The Labute approximate surface area is 123 Å². The molecule has 0 aliphatic heterocycles. The van der Waals surface area contributed by atoms with Crippen molar-refractivity contribution in [1.82, 2.24) is 9.97 Å². The van der Waals surface area contributed by atoms with Gasteiger partial charge in [0.1, 0.15) is 0 Å². The lowest BCUT2D eigenvalue weighted by molar-refractivity contribution is 0.0699. The standard InChI is InChI=1S/C15H9BrN2O2/c16-10-3-1-9(2-4-10)14-7-11(15(19)20)12-8-17-6-5-13(12)18-14/h1-8H,(H,19,20). The summed E-state index contributed by atoms with van der Waals surface area (Å²) < 4.78 is 0.963. The van der Waals surface area contributed by atoms with Crippen molar-refractivity contribution in [2.24, 2.45) is 0 Å². The third-order valence-electron chi connectivity index (χ3n) is 2.98. The third kappa shape index (κ3) is 2.28. The fourth-order valence-electron chi connectivity index (χ4n) is 2.01. The molecule has 0 bridgehead atoms. The molecule has 0 unspecified atom stereocenters. The number of nitrogens with zero attached hydrogens (tertiary/aromatic N) is 2. The van der Waals surface area contributed by atoms with Crippen molar-refractivity contribution >= 4 is 32.8 Å². The van der Waals surface area contributed by atoms with E-state index in [2.05, 4.69) is 25.9 Å². The van der Waals surface area contributed by atoms with Crippen LogP contribution in [0, 0.1) is 0 Å². The van der Waals surface area contributed by atoms with Crippen LogP contribution in [0.25, 0.3) is 22.2 Å². The minimum Gasteiger partial charge on any atom is -0.478 e. The highest BCUT2D eigenvalue weighted by Crippen LogP contribution is 2.25. The lowest BCUT2D eigenvalue weighted by Gasteiger charge is -2.06. The molecular weight excluding hydrogens is 320 g/mol. The minimum atomic E-state index is -0.983. The molecule has 4 nitrogen and oxygen atoms in total. The van der Waals surface area contributed by atoms with E-state index in [4.69, 9.17) is 0 Å². The Kier molecular flexibility index (Phi) is 3.20. The molecule has 2 aromatic heterocycles. The summed E-state index contributed by atoms with van der Waals surface area (Å²) in [5, 5.41) is 9.88. The number of halogens is 1. The van der Waals surface area contributed by atoms with Gasteiger partial charge in [-0.2, -0.15) is 0 Å². The van der Waals surface area contributed by atoms with Gasteiger partial charge in [0.25, 0.3) is 0 Å². The molecule has 0 spiro atoms. The van der Waals surface area contributed by atoms with Crippen LogP contribution in [0.4, 0.5) is 0 Å². The van der Waals surface area contributed by atoms with Gasteiger partial charge in [0.15, 0.2) is 0 Å². The molecule has 5 heteroatoms. The van der Waals surface area contributed by atoms with Crippen LogP contribution in [-0.2, 0) is 0 Å². The van der Waals surface area contributed by atoms with Gasteiger partial charge in [-0.1, -0.05) is 28.1 Å².